The van der Waals surface area contributed by atoms with E-state index in [1.165, 1.54) is 12.4 Å². The Bertz CT molecular complexity index is 376. The van der Waals surface area contributed by atoms with Gasteiger partial charge >= 0.3 is 6.18 Å². The first-order chi connectivity index (χ1) is 7.50. The summed E-state index contributed by atoms with van der Waals surface area (Å²) in [5.74, 6) is 0. The average Bonchev–Trinajstić information content (AvgIpc) is 2.63. The van der Waals surface area contributed by atoms with Crippen molar-refractivity contribution in [3.8, 4) is 0 Å². The van der Waals surface area contributed by atoms with E-state index in [1.54, 1.807) is 0 Å². The highest BCUT2D eigenvalue weighted by molar-refractivity contribution is 5.29. The minimum atomic E-state index is -4.29. The number of hydrogen-bond donors (Lipinski definition) is 0. The molecule has 1 atom stereocenters. The Morgan fingerprint density at radius 3 is 2.75 bits per heavy atom. The largest absolute Gasteiger partial charge is 0.416 e. The summed E-state index contributed by atoms with van der Waals surface area (Å²) in [5.41, 5.74) is -0.253. The molecule has 1 aromatic heterocycles. The predicted octanol–water partition coefficient (Wildman–Crippen LogP) is 2.87. The van der Waals surface area contributed by atoms with E-state index in [1.807, 2.05) is 11.9 Å². The van der Waals surface area contributed by atoms with Gasteiger partial charge in [0, 0.05) is 18.4 Å². The van der Waals surface area contributed by atoms with Gasteiger partial charge in [-0.25, -0.2) is 0 Å². The molecule has 1 aromatic rings. The zero-order valence-corrected chi connectivity index (χ0v) is 8.96. The number of aromatic nitrogens is 1. The van der Waals surface area contributed by atoms with Crippen LogP contribution in [0.5, 0.6) is 0 Å². The molecule has 0 N–H and O–H groups in total. The van der Waals surface area contributed by atoms with E-state index in [4.69, 9.17) is 0 Å². The second-order valence-corrected chi connectivity index (χ2v) is 4.10. The van der Waals surface area contributed by atoms with Gasteiger partial charge in [0.15, 0.2) is 0 Å². The molecule has 0 aromatic carbocycles. The molecule has 5 heteroatoms. The van der Waals surface area contributed by atoms with E-state index in [0.717, 1.165) is 25.5 Å². The second-order valence-electron chi connectivity index (χ2n) is 4.10. The molecule has 2 heterocycles. The molecule has 16 heavy (non-hydrogen) atoms. The number of nitrogens with zero attached hydrogens (tertiary/aromatic N) is 2. The predicted molar refractivity (Wildman–Crippen MR) is 53.8 cm³/mol. The standard InChI is InChI=1S/C11H13F3N2/c1-16-6-2-3-10(16)8-7-15-5-4-9(8)11(12,13)14/h4-5,7,10H,2-3,6H2,1H3/t10-/m0/s1. The highest BCUT2D eigenvalue weighted by atomic mass is 19.4. The van der Waals surface area contributed by atoms with Crippen LogP contribution < -0.4 is 0 Å². The maximum atomic E-state index is 12.8. The Morgan fingerprint density at radius 2 is 2.19 bits per heavy atom. The number of rotatable bonds is 1. The lowest BCUT2D eigenvalue weighted by Crippen LogP contribution is -2.21. The highest BCUT2D eigenvalue weighted by Crippen LogP contribution is 2.38. The average molecular weight is 230 g/mol. The first kappa shape index (κ1) is 11.4. The molecule has 88 valence electrons. The molecule has 0 bridgehead atoms. The summed E-state index contributed by atoms with van der Waals surface area (Å²) in [4.78, 5) is 5.76. The quantitative estimate of drug-likeness (QED) is 0.737. The SMILES string of the molecule is CN1CCC[C@H]1c1cnccc1C(F)(F)F. The molecule has 0 spiro atoms. The van der Waals surface area contributed by atoms with Gasteiger partial charge in [0.1, 0.15) is 0 Å². The fraction of sp³-hybridized carbons (Fsp3) is 0.545. The fourth-order valence-corrected chi connectivity index (χ4v) is 2.23. The van der Waals surface area contributed by atoms with E-state index in [0.29, 0.717) is 5.56 Å². The maximum absolute atomic E-state index is 12.8. The molecule has 2 rings (SSSR count). The van der Waals surface area contributed by atoms with Gasteiger partial charge < -0.3 is 0 Å². The van der Waals surface area contributed by atoms with Crippen molar-refractivity contribution in [3.05, 3.63) is 29.6 Å². The minimum absolute atomic E-state index is 0.148. The van der Waals surface area contributed by atoms with Crippen LogP contribution in [0.4, 0.5) is 13.2 Å². The van der Waals surface area contributed by atoms with Gasteiger partial charge in [-0.3, -0.25) is 9.88 Å². The summed E-state index contributed by atoms with van der Waals surface area (Å²) in [6, 6.07) is 0.909. The number of hydrogen-bond acceptors (Lipinski definition) is 2. The summed E-state index contributed by atoms with van der Waals surface area (Å²) < 4.78 is 38.3. The zero-order valence-electron chi connectivity index (χ0n) is 8.96. The van der Waals surface area contributed by atoms with Crippen LogP contribution in [0.3, 0.4) is 0 Å². The summed E-state index contributed by atoms with van der Waals surface area (Å²) in [7, 11) is 1.85. The normalized spacial score (nSPS) is 22.6. The van der Waals surface area contributed by atoms with Crippen LogP contribution in [0.25, 0.3) is 0 Å². The van der Waals surface area contributed by atoms with Gasteiger partial charge in [0.05, 0.1) is 5.56 Å². The van der Waals surface area contributed by atoms with Gasteiger partial charge in [-0.15, -0.1) is 0 Å². The first-order valence-corrected chi connectivity index (χ1v) is 5.21. The number of pyridine rings is 1. The molecule has 0 radical (unpaired) electrons. The minimum Gasteiger partial charge on any atom is -0.299 e. The van der Waals surface area contributed by atoms with Gasteiger partial charge in [-0.05, 0) is 38.1 Å². The van der Waals surface area contributed by atoms with Crippen molar-refractivity contribution >= 4 is 0 Å². The topological polar surface area (TPSA) is 16.1 Å². The Morgan fingerprint density at radius 1 is 1.44 bits per heavy atom. The summed E-state index contributed by atoms with van der Waals surface area (Å²) in [5, 5.41) is 0. The van der Waals surface area contributed by atoms with E-state index >= 15 is 0 Å². The van der Waals surface area contributed by atoms with E-state index in [2.05, 4.69) is 4.98 Å². The smallest absolute Gasteiger partial charge is 0.299 e. The van der Waals surface area contributed by atoms with Crippen molar-refractivity contribution in [2.75, 3.05) is 13.6 Å². The second kappa shape index (κ2) is 4.05. The molecule has 1 saturated heterocycles. The third kappa shape index (κ3) is 2.04. The van der Waals surface area contributed by atoms with Crippen LogP contribution in [-0.4, -0.2) is 23.5 Å². The molecule has 1 fully saturated rings. The van der Waals surface area contributed by atoms with Gasteiger partial charge in [0.25, 0.3) is 0 Å². The Balaban J connectivity index is 2.40. The zero-order chi connectivity index (χ0) is 11.8. The molecule has 0 amide bonds. The van der Waals surface area contributed by atoms with Crippen molar-refractivity contribution in [1.82, 2.24) is 9.88 Å². The number of halogens is 3. The Labute approximate surface area is 92.1 Å². The Hall–Kier alpha value is -1.10. The molecule has 0 unspecified atom stereocenters. The van der Waals surface area contributed by atoms with Crippen LogP contribution in [0.2, 0.25) is 0 Å². The monoisotopic (exact) mass is 230 g/mol. The number of likely N-dealkylation sites (tertiary alicyclic amines) is 1. The van der Waals surface area contributed by atoms with Gasteiger partial charge in [-0.1, -0.05) is 0 Å². The molecule has 1 aliphatic rings. The lowest BCUT2D eigenvalue weighted by molar-refractivity contribution is -0.138. The van der Waals surface area contributed by atoms with Crippen LogP contribution in [-0.2, 0) is 6.18 Å². The summed E-state index contributed by atoms with van der Waals surface area (Å²) in [6.45, 7) is 0.844. The summed E-state index contributed by atoms with van der Waals surface area (Å²) in [6.07, 6.45) is -0.0447. The van der Waals surface area contributed by atoms with E-state index < -0.39 is 11.7 Å². The van der Waals surface area contributed by atoms with Crippen molar-refractivity contribution in [2.45, 2.75) is 25.1 Å². The molecular weight excluding hydrogens is 217 g/mol. The lowest BCUT2D eigenvalue weighted by Gasteiger charge is -2.22. The van der Waals surface area contributed by atoms with Crippen LogP contribution >= 0.6 is 0 Å². The molecule has 1 aliphatic heterocycles. The fourth-order valence-electron chi connectivity index (χ4n) is 2.23. The van der Waals surface area contributed by atoms with Crippen molar-refractivity contribution in [1.29, 1.82) is 0 Å². The lowest BCUT2D eigenvalue weighted by atomic mass is 10.0. The molecule has 2 nitrogen and oxygen atoms in total. The molecule has 0 saturated carbocycles. The first-order valence-electron chi connectivity index (χ1n) is 5.21. The van der Waals surface area contributed by atoms with Crippen LogP contribution in [0.15, 0.2) is 18.5 Å². The van der Waals surface area contributed by atoms with Crippen molar-refractivity contribution in [3.63, 3.8) is 0 Å². The van der Waals surface area contributed by atoms with Crippen LogP contribution in [0, 0.1) is 0 Å². The van der Waals surface area contributed by atoms with Gasteiger partial charge in [-0.2, -0.15) is 13.2 Å². The third-order valence-corrected chi connectivity index (χ3v) is 3.04. The van der Waals surface area contributed by atoms with Crippen molar-refractivity contribution in [2.24, 2.45) is 0 Å². The third-order valence-electron chi connectivity index (χ3n) is 3.04. The summed E-state index contributed by atoms with van der Waals surface area (Å²) >= 11 is 0. The molecular formula is C11H13F3N2. The van der Waals surface area contributed by atoms with Crippen LogP contribution in [0.1, 0.15) is 30.0 Å². The van der Waals surface area contributed by atoms with E-state index in [9.17, 15) is 13.2 Å². The van der Waals surface area contributed by atoms with Crippen molar-refractivity contribution < 1.29 is 13.2 Å². The molecule has 0 aliphatic carbocycles. The van der Waals surface area contributed by atoms with E-state index in [-0.39, 0.29) is 6.04 Å². The Kier molecular flexibility index (Phi) is 2.88. The maximum Gasteiger partial charge on any atom is 0.416 e. The van der Waals surface area contributed by atoms with Gasteiger partial charge in [0.2, 0.25) is 0 Å². The highest BCUT2D eigenvalue weighted by Gasteiger charge is 2.37. The number of alkyl halides is 3.